The molecule has 3 rings (SSSR count). The van der Waals surface area contributed by atoms with E-state index in [1.807, 2.05) is 12.1 Å². The highest BCUT2D eigenvalue weighted by molar-refractivity contribution is 6.64. The summed E-state index contributed by atoms with van der Waals surface area (Å²) in [5.41, 5.74) is 1.74. The smallest absolute Gasteiger partial charge is 0.227 e. The molecule has 2 saturated heterocycles. The van der Waals surface area contributed by atoms with Crippen molar-refractivity contribution in [1.29, 1.82) is 0 Å². The molecule has 0 aliphatic carbocycles. The zero-order valence-electron chi connectivity index (χ0n) is 11.5. The molecule has 1 aromatic rings. The fourth-order valence-corrected chi connectivity index (χ4v) is 3.43. The lowest BCUT2D eigenvalue weighted by Gasteiger charge is -2.22. The van der Waals surface area contributed by atoms with Crippen LogP contribution in [0.2, 0.25) is 5.02 Å². The Morgan fingerprint density at radius 2 is 1.95 bits per heavy atom. The molecular weight excluding hydrogens is 311 g/mol. The van der Waals surface area contributed by atoms with Gasteiger partial charge in [0.1, 0.15) is 0 Å². The fourth-order valence-electron chi connectivity index (χ4n) is 2.99. The first-order valence-electron chi connectivity index (χ1n) is 7.10. The van der Waals surface area contributed by atoms with E-state index in [1.165, 1.54) is 12.8 Å². The molecule has 0 saturated carbocycles. The Morgan fingerprint density at radius 1 is 1.24 bits per heavy atom. The Kier molecular flexibility index (Phi) is 4.09. The molecule has 6 heteroatoms. The van der Waals surface area contributed by atoms with Gasteiger partial charge in [-0.3, -0.25) is 9.59 Å². The number of rotatable bonds is 3. The minimum absolute atomic E-state index is 0.0843. The zero-order chi connectivity index (χ0) is 15.0. The first-order valence-corrected chi connectivity index (χ1v) is 7.86. The van der Waals surface area contributed by atoms with Gasteiger partial charge in [-0.15, -0.1) is 0 Å². The predicted molar refractivity (Wildman–Crippen MR) is 84.2 cm³/mol. The maximum Gasteiger partial charge on any atom is 0.227 e. The van der Waals surface area contributed by atoms with Crippen LogP contribution in [0.5, 0.6) is 0 Å². The number of hydrogen-bond acceptors (Lipinski definition) is 3. The highest BCUT2D eigenvalue weighted by Gasteiger charge is 2.34. The molecule has 2 aliphatic rings. The minimum Gasteiger partial charge on any atom is -0.370 e. The van der Waals surface area contributed by atoms with E-state index in [0.717, 1.165) is 24.5 Å². The van der Waals surface area contributed by atoms with E-state index in [-0.39, 0.29) is 12.3 Å². The number of amides is 1. The average Bonchev–Trinajstić information content (AvgIpc) is 3.07. The van der Waals surface area contributed by atoms with Crippen molar-refractivity contribution in [1.82, 2.24) is 0 Å². The van der Waals surface area contributed by atoms with Gasteiger partial charge in [-0.2, -0.15) is 0 Å². The molecule has 1 unspecified atom stereocenters. The van der Waals surface area contributed by atoms with Crippen molar-refractivity contribution in [2.45, 2.75) is 19.3 Å². The van der Waals surface area contributed by atoms with Gasteiger partial charge in [0.2, 0.25) is 11.1 Å². The molecule has 2 heterocycles. The Hall–Kier alpha value is -1.26. The number of halogens is 2. The molecule has 4 nitrogen and oxygen atoms in total. The van der Waals surface area contributed by atoms with Crippen LogP contribution in [0.1, 0.15) is 19.3 Å². The molecule has 1 aromatic carbocycles. The second kappa shape index (κ2) is 5.85. The third-order valence-electron chi connectivity index (χ3n) is 4.14. The minimum atomic E-state index is -0.453. The van der Waals surface area contributed by atoms with Crippen molar-refractivity contribution in [3.05, 3.63) is 23.2 Å². The van der Waals surface area contributed by atoms with Crippen LogP contribution in [0.25, 0.3) is 0 Å². The van der Waals surface area contributed by atoms with E-state index < -0.39 is 11.2 Å². The van der Waals surface area contributed by atoms with Crippen LogP contribution in [0.4, 0.5) is 11.4 Å². The summed E-state index contributed by atoms with van der Waals surface area (Å²) in [5.74, 6) is -0.504. The lowest BCUT2D eigenvalue weighted by atomic mass is 10.1. The van der Waals surface area contributed by atoms with Crippen LogP contribution in [-0.2, 0) is 9.59 Å². The summed E-state index contributed by atoms with van der Waals surface area (Å²) in [5, 5.41) is 0.188. The van der Waals surface area contributed by atoms with Crippen molar-refractivity contribution in [2.24, 2.45) is 5.92 Å². The fraction of sp³-hybridized carbons (Fsp3) is 0.467. The monoisotopic (exact) mass is 326 g/mol. The largest absolute Gasteiger partial charge is 0.370 e. The molecule has 0 N–H and O–H groups in total. The van der Waals surface area contributed by atoms with Crippen LogP contribution >= 0.6 is 23.2 Å². The number of anilines is 2. The summed E-state index contributed by atoms with van der Waals surface area (Å²) in [6, 6.07) is 5.64. The summed E-state index contributed by atoms with van der Waals surface area (Å²) in [4.78, 5) is 27.1. The van der Waals surface area contributed by atoms with E-state index in [0.29, 0.717) is 11.6 Å². The SMILES string of the molecule is O=C(Cl)C1CC(=O)N(c2ccc(N3CCCC3)c(Cl)c2)C1. The molecule has 2 fully saturated rings. The number of carbonyl (C=O) groups excluding carboxylic acids is 2. The van der Waals surface area contributed by atoms with Gasteiger partial charge in [0.05, 0.1) is 16.6 Å². The van der Waals surface area contributed by atoms with Gasteiger partial charge in [-0.1, -0.05) is 11.6 Å². The normalized spacial score (nSPS) is 22.2. The molecule has 0 bridgehead atoms. The highest BCUT2D eigenvalue weighted by atomic mass is 35.5. The third kappa shape index (κ3) is 2.87. The number of benzene rings is 1. The van der Waals surface area contributed by atoms with Gasteiger partial charge in [0, 0.05) is 31.7 Å². The average molecular weight is 327 g/mol. The topological polar surface area (TPSA) is 40.6 Å². The van der Waals surface area contributed by atoms with E-state index in [4.69, 9.17) is 23.2 Å². The predicted octanol–water partition coefficient (Wildman–Crippen LogP) is 3.06. The molecule has 21 heavy (non-hydrogen) atoms. The molecule has 1 amide bonds. The standard InChI is InChI=1S/C15H16Cl2N2O2/c16-12-8-11(3-4-13(12)18-5-1-2-6-18)19-9-10(15(17)21)7-14(19)20/h3-4,8,10H,1-2,5-7,9H2. The van der Waals surface area contributed by atoms with Gasteiger partial charge in [0.25, 0.3) is 0 Å². The van der Waals surface area contributed by atoms with Crippen LogP contribution in [0.3, 0.4) is 0 Å². The summed E-state index contributed by atoms with van der Waals surface area (Å²) in [6.45, 7) is 2.37. The maximum atomic E-state index is 12.0. The lowest BCUT2D eigenvalue weighted by molar-refractivity contribution is -0.120. The van der Waals surface area contributed by atoms with Crippen molar-refractivity contribution in [3.8, 4) is 0 Å². The number of hydrogen-bond donors (Lipinski definition) is 0. The molecular formula is C15H16Cl2N2O2. The highest BCUT2D eigenvalue weighted by Crippen LogP contribution is 2.34. The van der Waals surface area contributed by atoms with Crippen LogP contribution in [-0.4, -0.2) is 30.8 Å². The lowest BCUT2D eigenvalue weighted by Crippen LogP contribution is -2.25. The Balaban J connectivity index is 1.82. The van der Waals surface area contributed by atoms with E-state index in [9.17, 15) is 9.59 Å². The molecule has 0 aromatic heterocycles. The maximum absolute atomic E-state index is 12.0. The van der Waals surface area contributed by atoms with Gasteiger partial charge in [-0.25, -0.2) is 0 Å². The molecule has 0 radical (unpaired) electrons. The Labute approximate surface area is 133 Å². The first kappa shape index (κ1) is 14.7. The molecule has 112 valence electrons. The molecule has 1 atom stereocenters. The second-order valence-electron chi connectivity index (χ2n) is 5.54. The van der Waals surface area contributed by atoms with Crippen molar-refractivity contribution in [2.75, 3.05) is 29.4 Å². The summed E-state index contributed by atoms with van der Waals surface area (Å²) >= 11 is 11.9. The van der Waals surface area contributed by atoms with E-state index in [1.54, 1.807) is 11.0 Å². The van der Waals surface area contributed by atoms with Crippen LogP contribution in [0.15, 0.2) is 18.2 Å². The number of carbonyl (C=O) groups is 2. The van der Waals surface area contributed by atoms with Crippen molar-refractivity contribution < 1.29 is 9.59 Å². The zero-order valence-corrected chi connectivity index (χ0v) is 13.0. The van der Waals surface area contributed by atoms with Gasteiger partial charge < -0.3 is 9.80 Å². The first-order chi connectivity index (χ1) is 10.1. The van der Waals surface area contributed by atoms with E-state index in [2.05, 4.69) is 4.90 Å². The number of nitrogens with zero attached hydrogens (tertiary/aromatic N) is 2. The van der Waals surface area contributed by atoms with Crippen LogP contribution < -0.4 is 9.80 Å². The van der Waals surface area contributed by atoms with Crippen molar-refractivity contribution >= 4 is 45.7 Å². The van der Waals surface area contributed by atoms with Crippen molar-refractivity contribution in [3.63, 3.8) is 0 Å². The summed E-state index contributed by atoms with van der Waals surface area (Å²) in [6.07, 6.45) is 2.54. The summed E-state index contributed by atoms with van der Waals surface area (Å²) < 4.78 is 0. The van der Waals surface area contributed by atoms with Gasteiger partial charge in [0.15, 0.2) is 0 Å². The molecule has 0 spiro atoms. The Bertz CT molecular complexity index is 585. The van der Waals surface area contributed by atoms with Crippen LogP contribution in [0, 0.1) is 5.92 Å². The van der Waals surface area contributed by atoms with Gasteiger partial charge in [-0.05, 0) is 42.6 Å². The van der Waals surface area contributed by atoms with E-state index >= 15 is 0 Å². The van der Waals surface area contributed by atoms with Gasteiger partial charge >= 0.3 is 0 Å². The third-order valence-corrected chi connectivity index (χ3v) is 4.75. The second-order valence-corrected chi connectivity index (χ2v) is 6.32. The Morgan fingerprint density at radius 3 is 2.52 bits per heavy atom. The summed E-state index contributed by atoms with van der Waals surface area (Å²) in [7, 11) is 0. The quantitative estimate of drug-likeness (QED) is 0.801. The molecule has 2 aliphatic heterocycles.